The van der Waals surface area contributed by atoms with Crippen LogP contribution in [-0.4, -0.2) is 56.9 Å². The Morgan fingerprint density at radius 3 is 2.36 bits per heavy atom. The first-order valence-corrected chi connectivity index (χ1v) is 16.7. The summed E-state index contributed by atoms with van der Waals surface area (Å²) in [6.07, 6.45) is 2.71. The molecule has 1 atom stereocenters. The molecule has 0 spiro atoms. The number of fused-ring (bicyclic) bond motifs is 1. The Kier molecular flexibility index (Phi) is 9.42. The molecule has 2 aromatic heterocycles. The third-order valence-electron chi connectivity index (χ3n) is 8.89. The van der Waals surface area contributed by atoms with E-state index in [0.717, 1.165) is 16.0 Å². The van der Waals surface area contributed by atoms with Gasteiger partial charge in [-0.3, -0.25) is 44.3 Å². The number of nitro benzene ring substituents is 1. The van der Waals surface area contributed by atoms with E-state index in [1.54, 1.807) is 48.7 Å². The third-order valence-corrected chi connectivity index (χ3v) is 8.89. The quantitative estimate of drug-likeness (QED) is 0.0653. The minimum absolute atomic E-state index is 0.0193. The first kappa shape index (κ1) is 34.3. The summed E-state index contributed by atoms with van der Waals surface area (Å²) in [6, 6.07) is 24.2. The van der Waals surface area contributed by atoms with Crippen LogP contribution >= 0.6 is 0 Å². The van der Waals surface area contributed by atoms with Crippen LogP contribution in [-0.2, 0) is 9.59 Å². The molecule has 1 saturated heterocycles. The van der Waals surface area contributed by atoms with Crippen molar-refractivity contribution in [3.8, 4) is 45.7 Å². The molecule has 7 rings (SSSR count). The van der Waals surface area contributed by atoms with Gasteiger partial charge in [0.05, 0.1) is 28.0 Å². The molecule has 13 heteroatoms. The zero-order chi connectivity index (χ0) is 37.1. The van der Waals surface area contributed by atoms with Crippen molar-refractivity contribution in [1.29, 1.82) is 0 Å². The van der Waals surface area contributed by atoms with Gasteiger partial charge in [0.15, 0.2) is 5.76 Å². The topological polar surface area (TPSA) is 182 Å². The first-order chi connectivity index (χ1) is 25.7. The monoisotopic (exact) mass is 707 g/mol. The molecular formula is C40H29N5O8. The summed E-state index contributed by atoms with van der Waals surface area (Å²) < 4.78 is 5.58. The second kappa shape index (κ2) is 14.6. The molecule has 2 aliphatic rings. The number of carbonyl (C=O) groups excluding carboxylic acids is 5. The number of rotatable bonds is 9. The molecule has 2 N–H and O–H groups in total. The molecule has 3 aromatic carbocycles. The Morgan fingerprint density at radius 2 is 1.64 bits per heavy atom. The van der Waals surface area contributed by atoms with Crippen molar-refractivity contribution in [3.63, 3.8) is 0 Å². The third kappa shape index (κ3) is 7.19. The summed E-state index contributed by atoms with van der Waals surface area (Å²) >= 11 is 0. The maximum absolute atomic E-state index is 13.1. The Labute approximate surface area is 302 Å². The summed E-state index contributed by atoms with van der Waals surface area (Å²) in [6.45, 7) is 0.378. The minimum atomic E-state index is -1.03. The van der Waals surface area contributed by atoms with Crippen LogP contribution < -0.4 is 10.6 Å². The number of nitrogens with one attached hydrogen (secondary N) is 2. The van der Waals surface area contributed by atoms with E-state index >= 15 is 0 Å². The highest BCUT2D eigenvalue weighted by molar-refractivity contribution is 6.23. The maximum atomic E-state index is 13.1. The van der Waals surface area contributed by atoms with Crippen molar-refractivity contribution in [1.82, 2.24) is 20.5 Å². The maximum Gasteiger partial charge on any atom is 0.269 e. The molecule has 2 aliphatic heterocycles. The number of benzene rings is 3. The number of furan rings is 1. The van der Waals surface area contributed by atoms with Gasteiger partial charge in [-0.05, 0) is 90.7 Å². The number of amides is 5. The van der Waals surface area contributed by atoms with Gasteiger partial charge >= 0.3 is 0 Å². The second-order valence-electron chi connectivity index (χ2n) is 12.4. The number of unbranched alkanes of at least 4 members (excludes halogenated alkanes) is 1. The van der Waals surface area contributed by atoms with E-state index in [2.05, 4.69) is 22.5 Å². The van der Waals surface area contributed by atoms with Crippen molar-refractivity contribution in [2.24, 2.45) is 0 Å². The zero-order valence-corrected chi connectivity index (χ0v) is 28.0. The average Bonchev–Trinajstić information content (AvgIpc) is 3.80. The number of nitro groups is 1. The smallest absolute Gasteiger partial charge is 0.269 e. The van der Waals surface area contributed by atoms with Crippen molar-refractivity contribution in [2.75, 3.05) is 6.54 Å². The second-order valence-corrected chi connectivity index (χ2v) is 12.4. The SMILES string of the molecule is O=C1CCC(N2C(=O)c3ccc(C#CCCCNC(=O)c4ccc(-c5cc(-c6ccc([N+](=O)[O-])cc6)nc(-c6ccco6)c5)cc4)cc3C2=O)C(=O)N1. The Hall–Kier alpha value is -7.20. The van der Waals surface area contributed by atoms with E-state index in [0.29, 0.717) is 53.2 Å². The first-order valence-electron chi connectivity index (χ1n) is 16.7. The lowest BCUT2D eigenvalue weighted by Gasteiger charge is -2.27. The van der Waals surface area contributed by atoms with Crippen LogP contribution in [0.25, 0.3) is 33.8 Å². The van der Waals surface area contributed by atoms with Gasteiger partial charge in [0.2, 0.25) is 11.8 Å². The van der Waals surface area contributed by atoms with Gasteiger partial charge in [-0.1, -0.05) is 24.0 Å². The lowest BCUT2D eigenvalue weighted by atomic mass is 10.00. The predicted molar refractivity (Wildman–Crippen MR) is 191 cm³/mol. The number of nitrogens with zero attached hydrogens (tertiary/aromatic N) is 3. The van der Waals surface area contributed by atoms with E-state index in [4.69, 9.17) is 9.40 Å². The molecular weight excluding hydrogens is 678 g/mol. The van der Waals surface area contributed by atoms with Crippen LogP contribution in [0.15, 0.2) is 102 Å². The lowest BCUT2D eigenvalue weighted by molar-refractivity contribution is -0.384. The molecule has 5 aromatic rings. The predicted octanol–water partition coefficient (Wildman–Crippen LogP) is 5.55. The van der Waals surface area contributed by atoms with Gasteiger partial charge in [0.1, 0.15) is 11.7 Å². The molecule has 13 nitrogen and oxygen atoms in total. The molecule has 1 fully saturated rings. The van der Waals surface area contributed by atoms with Gasteiger partial charge in [-0.15, -0.1) is 0 Å². The summed E-state index contributed by atoms with van der Waals surface area (Å²) in [5.41, 5.74) is 4.87. The van der Waals surface area contributed by atoms with E-state index in [1.165, 1.54) is 24.3 Å². The number of hydrogen-bond acceptors (Lipinski definition) is 9. The zero-order valence-electron chi connectivity index (χ0n) is 28.0. The summed E-state index contributed by atoms with van der Waals surface area (Å²) in [5.74, 6) is 4.07. The highest BCUT2D eigenvalue weighted by Crippen LogP contribution is 2.32. The fourth-order valence-corrected chi connectivity index (χ4v) is 6.16. The van der Waals surface area contributed by atoms with E-state index < -0.39 is 34.6 Å². The van der Waals surface area contributed by atoms with E-state index in [-0.39, 0.29) is 35.6 Å². The van der Waals surface area contributed by atoms with Crippen LogP contribution in [0.1, 0.15) is 62.3 Å². The summed E-state index contributed by atoms with van der Waals surface area (Å²) in [4.78, 5) is 79.0. The van der Waals surface area contributed by atoms with Crippen LogP contribution in [0.4, 0.5) is 5.69 Å². The number of non-ortho nitro benzene ring substituents is 1. The van der Waals surface area contributed by atoms with Crippen LogP contribution in [0.3, 0.4) is 0 Å². The average molecular weight is 708 g/mol. The van der Waals surface area contributed by atoms with Crippen LogP contribution in [0.5, 0.6) is 0 Å². The van der Waals surface area contributed by atoms with Crippen molar-refractivity contribution in [3.05, 3.63) is 130 Å². The number of hydrogen-bond donors (Lipinski definition) is 2. The van der Waals surface area contributed by atoms with E-state index in [9.17, 15) is 34.1 Å². The number of piperidine rings is 1. The standard InChI is InChI=1S/C40H29N5O8/c46-36-18-17-34(38(48)43-36)44-39(49)30-16-7-24(21-31(30)40(44)50)5-2-1-3-19-41-37(47)27-10-8-25(9-11-27)28-22-32(26-12-14-29(15-13-26)45(51)52)42-33(23-28)35-6-4-20-53-35/h4,6-16,20-23,34H,1,3,17-19H2,(H,41,47)(H,43,46,48). The molecule has 0 saturated carbocycles. The van der Waals surface area contributed by atoms with Crippen molar-refractivity contribution < 1.29 is 33.3 Å². The number of aromatic nitrogens is 1. The van der Waals surface area contributed by atoms with E-state index in [1.807, 2.05) is 24.3 Å². The highest BCUT2D eigenvalue weighted by atomic mass is 16.6. The molecule has 4 heterocycles. The largest absolute Gasteiger partial charge is 0.463 e. The number of imide groups is 2. The molecule has 262 valence electrons. The lowest BCUT2D eigenvalue weighted by Crippen LogP contribution is -2.54. The molecule has 1 unspecified atom stereocenters. The molecule has 0 bridgehead atoms. The Morgan fingerprint density at radius 1 is 0.906 bits per heavy atom. The van der Waals surface area contributed by atoms with Gasteiger partial charge in [0.25, 0.3) is 23.4 Å². The van der Waals surface area contributed by atoms with Gasteiger partial charge < -0.3 is 9.73 Å². The Bertz CT molecular complexity index is 2360. The molecule has 5 amide bonds. The molecule has 0 radical (unpaired) electrons. The molecule has 53 heavy (non-hydrogen) atoms. The van der Waals surface area contributed by atoms with Crippen molar-refractivity contribution in [2.45, 2.75) is 31.7 Å². The summed E-state index contributed by atoms with van der Waals surface area (Å²) in [7, 11) is 0. The van der Waals surface area contributed by atoms with Gasteiger partial charge in [-0.2, -0.15) is 0 Å². The normalized spacial score (nSPS) is 15.0. The number of carbonyl (C=O) groups is 5. The Balaban J connectivity index is 0.954. The number of pyridine rings is 1. The minimum Gasteiger partial charge on any atom is -0.463 e. The van der Waals surface area contributed by atoms with Crippen LogP contribution in [0.2, 0.25) is 0 Å². The van der Waals surface area contributed by atoms with Gasteiger partial charge in [0, 0.05) is 48.2 Å². The van der Waals surface area contributed by atoms with Crippen LogP contribution in [0, 0.1) is 22.0 Å². The fourth-order valence-electron chi connectivity index (χ4n) is 6.16. The van der Waals surface area contributed by atoms with Gasteiger partial charge in [-0.25, -0.2) is 4.98 Å². The molecule has 0 aliphatic carbocycles. The van der Waals surface area contributed by atoms with Crippen molar-refractivity contribution >= 4 is 35.2 Å². The highest BCUT2D eigenvalue weighted by Gasteiger charge is 2.44. The summed E-state index contributed by atoms with van der Waals surface area (Å²) in [5, 5.41) is 16.2. The fraction of sp³-hybridized carbons (Fsp3) is 0.150.